The molecular formula is C27H25N3O4S. The van der Waals surface area contributed by atoms with Gasteiger partial charge in [0.25, 0.3) is 11.7 Å². The van der Waals surface area contributed by atoms with E-state index in [-0.39, 0.29) is 23.4 Å². The molecule has 8 heteroatoms. The van der Waals surface area contributed by atoms with Crippen molar-refractivity contribution in [2.24, 2.45) is 5.41 Å². The van der Waals surface area contributed by atoms with Crippen LogP contribution < -0.4 is 5.32 Å². The number of morpholine rings is 1. The largest absolute Gasteiger partial charge is 0.378 e. The van der Waals surface area contributed by atoms with Crippen molar-refractivity contribution in [2.45, 2.75) is 25.2 Å². The Kier molecular flexibility index (Phi) is 5.30. The van der Waals surface area contributed by atoms with Gasteiger partial charge in [0, 0.05) is 30.3 Å². The summed E-state index contributed by atoms with van der Waals surface area (Å²) in [6, 6.07) is 16.8. The summed E-state index contributed by atoms with van der Waals surface area (Å²) >= 11 is 1.16. The topological polar surface area (TPSA) is 88.6 Å². The van der Waals surface area contributed by atoms with Gasteiger partial charge in [0.1, 0.15) is 5.69 Å². The molecule has 7 rings (SSSR count). The number of carbonyl (C=O) groups is 3. The predicted molar refractivity (Wildman–Crippen MR) is 132 cm³/mol. The van der Waals surface area contributed by atoms with E-state index in [4.69, 9.17) is 4.74 Å². The number of ether oxygens (including phenoxy) is 1. The molecule has 3 aromatic rings. The molecule has 0 saturated carbocycles. The molecule has 2 amide bonds. The van der Waals surface area contributed by atoms with Gasteiger partial charge in [0.2, 0.25) is 5.91 Å². The maximum atomic E-state index is 13.7. The molecule has 2 aromatic carbocycles. The average Bonchev–Trinajstić information content (AvgIpc) is 3.37. The second-order valence-corrected chi connectivity index (χ2v) is 10.4. The first-order valence-corrected chi connectivity index (χ1v) is 12.7. The van der Waals surface area contributed by atoms with Gasteiger partial charge in [0.05, 0.1) is 18.6 Å². The molecule has 1 N–H and O–H groups in total. The minimum absolute atomic E-state index is 0.0628. The van der Waals surface area contributed by atoms with Gasteiger partial charge in [-0.15, -0.1) is 11.3 Å². The SMILES string of the molecule is CC1(C(=O)Nc2nc(C(=O)C(=O)N3CCOCC3)cs2)CC2c3ccccc3C1c1ccccc12. The number of benzene rings is 2. The number of hydrogen-bond acceptors (Lipinski definition) is 6. The van der Waals surface area contributed by atoms with E-state index in [2.05, 4.69) is 46.7 Å². The molecule has 1 aromatic heterocycles. The number of rotatable bonds is 4. The number of anilines is 1. The van der Waals surface area contributed by atoms with Crippen LogP contribution in [0.2, 0.25) is 0 Å². The van der Waals surface area contributed by atoms with Gasteiger partial charge < -0.3 is 15.0 Å². The van der Waals surface area contributed by atoms with Crippen LogP contribution >= 0.6 is 11.3 Å². The molecule has 1 aliphatic heterocycles. The van der Waals surface area contributed by atoms with Gasteiger partial charge in [-0.1, -0.05) is 48.5 Å². The second-order valence-electron chi connectivity index (χ2n) is 9.59. The lowest BCUT2D eigenvalue weighted by molar-refractivity contribution is -0.130. The summed E-state index contributed by atoms with van der Waals surface area (Å²) in [7, 11) is 0. The number of aromatic nitrogens is 1. The Balaban J connectivity index is 1.25. The molecule has 1 saturated heterocycles. The van der Waals surface area contributed by atoms with Gasteiger partial charge in [-0.2, -0.15) is 0 Å². The van der Waals surface area contributed by atoms with Crippen LogP contribution in [0.4, 0.5) is 5.13 Å². The van der Waals surface area contributed by atoms with E-state index < -0.39 is 17.1 Å². The molecule has 7 nitrogen and oxygen atoms in total. The first kappa shape index (κ1) is 22.1. The first-order chi connectivity index (χ1) is 17.0. The standard InChI is InChI=1S/C27H25N3O4S/c1-27(14-20-16-6-2-4-8-18(16)22(27)19-9-5-3-7-17(19)20)25(33)29-26-28-21(15-35-26)23(31)24(32)30-10-12-34-13-11-30/h2-9,15,20,22H,10-14H2,1H3,(H,28,29,33). The van der Waals surface area contributed by atoms with Gasteiger partial charge in [-0.3, -0.25) is 14.4 Å². The van der Waals surface area contributed by atoms with Crippen molar-refractivity contribution in [2.75, 3.05) is 31.6 Å². The van der Waals surface area contributed by atoms with E-state index in [1.807, 2.05) is 19.1 Å². The van der Waals surface area contributed by atoms with E-state index in [0.29, 0.717) is 37.9 Å². The Morgan fingerprint density at radius 1 is 1.00 bits per heavy atom. The summed E-state index contributed by atoms with van der Waals surface area (Å²) in [6.45, 7) is 3.65. The Bertz CT molecular complexity index is 1300. The van der Waals surface area contributed by atoms with E-state index >= 15 is 0 Å². The normalized spacial score (nSPS) is 24.4. The monoisotopic (exact) mass is 487 g/mol. The number of amides is 2. The van der Waals surface area contributed by atoms with Crippen molar-refractivity contribution < 1.29 is 19.1 Å². The average molecular weight is 488 g/mol. The van der Waals surface area contributed by atoms with Gasteiger partial charge in [-0.25, -0.2) is 4.98 Å². The van der Waals surface area contributed by atoms with Crippen LogP contribution in [0.5, 0.6) is 0 Å². The highest BCUT2D eigenvalue weighted by Crippen LogP contribution is 2.61. The lowest BCUT2D eigenvalue weighted by Gasteiger charge is -2.50. The summed E-state index contributed by atoms with van der Waals surface area (Å²) in [5, 5.41) is 4.83. The molecule has 2 bridgehead atoms. The smallest absolute Gasteiger partial charge is 0.296 e. The van der Waals surface area contributed by atoms with Crippen LogP contribution in [0.15, 0.2) is 53.9 Å². The van der Waals surface area contributed by atoms with E-state index in [9.17, 15) is 14.4 Å². The fourth-order valence-corrected chi connectivity index (χ4v) is 6.57. The van der Waals surface area contributed by atoms with Crippen molar-refractivity contribution in [3.63, 3.8) is 0 Å². The highest BCUT2D eigenvalue weighted by molar-refractivity contribution is 7.14. The number of carbonyl (C=O) groups excluding carboxylic acids is 3. The van der Waals surface area contributed by atoms with Gasteiger partial charge in [-0.05, 0) is 35.6 Å². The number of nitrogens with zero attached hydrogens (tertiary/aromatic N) is 2. The summed E-state index contributed by atoms with van der Waals surface area (Å²) in [6.07, 6.45) is 0.699. The van der Waals surface area contributed by atoms with Crippen molar-refractivity contribution >= 4 is 34.1 Å². The Morgan fingerprint density at radius 2 is 1.60 bits per heavy atom. The number of Topliss-reactive ketones (excluding diaryl/α,β-unsaturated/α-hetero) is 1. The van der Waals surface area contributed by atoms with Crippen molar-refractivity contribution in [1.29, 1.82) is 0 Å². The van der Waals surface area contributed by atoms with Crippen LogP contribution in [0.25, 0.3) is 0 Å². The highest BCUT2D eigenvalue weighted by Gasteiger charge is 2.54. The summed E-state index contributed by atoms with van der Waals surface area (Å²) < 4.78 is 5.25. The second kappa shape index (κ2) is 8.39. The van der Waals surface area contributed by atoms with Gasteiger partial charge >= 0.3 is 0 Å². The van der Waals surface area contributed by atoms with Crippen LogP contribution in [0, 0.1) is 5.41 Å². The minimum Gasteiger partial charge on any atom is -0.378 e. The molecular weight excluding hydrogens is 462 g/mol. The molecule has 1 fully saturated rings. The third-order valence-corrected chi connectivity index (χ3v) is 8.36. The fourth-order valence-electron chi connectivity index (χ4n) is 5.88. The molecule has 3 aliphatic carbocycles. The van der Waals surface area contributed by atoms with Crippen LogP contribution in [-0.2, 0) is 14.3 Å². The zero-order valence-corrected chi connectivity index (χ0v) is 20.1. The molecule has 1 atom stereocenters. The van der Waals surface area contributed by atoms with Crippen LogP contribution in [-0.4, -0.2) is 53.8 Å². The summed E-state index contributed by atoms with van der Waals surface area (Å²) in [5.74, 6) is -1.27. The van der Waals surface area contributed by atoms with Crippen LogP contribution in [0.1, 0.15) is 57.9 Å². The quantitative estimate of drug-likeness (QED) is 0.447. The van der Waals surface area contributed by atoms with E-state index in [1.165, 1.54) is 32.5 Å². The molecule has 178 valence electrons. The number of fused-ring (bicyclic) bond motifs is 1. The first-order valence-electron chi connectivity index (χ1n) is 11.8. The number of nitrogens with one attached hydrogen (secondary N) is 1. The number of thiazole rings is 1. The third-order valence-electron chi connectivity index (χ3n) is 7.60. The highest BCUT2D eigenvalue weighted by atomic mass is 32.1. The Labute approximate surface area is 207 Å². The van der Waals surface area contributed by atoms with Crippen molar-refractivity contribution in [3.8, 4) is 0 Å². The number of hydrogen-bond donors (Lipinski definition) is 1. The maximum Gasteiger partial charge on any atom is 0.296 e. The van der Waals surface area contributed by atoms with E-state index in [0.717, 1.165) is 11.3 Å². The lowest BCUT2D eigenvalue weighted by atomic mass is 9.52. The zero-order valence-electron chi connectivity index (χ0n) is 19.3. The molecule has 1 unspecified atom stereocenters. The van der Waals surface area contributed by atoms with E-state index in [1.54, 1.807) is 0 Å². The molecule has 35 heavy (non-hydrogen) atoms. The van der Waals surface area contributed by atoms with Crippen molar-refractivity contribution in [1.82, 2.24) is 9.88 Å². The van der Waals surface area contributed by atoms with Gasteiger partial charge in [0.15, 0.2) is 5.13 Å². The number of ketones is 1. The van der Waals surface area contributed by atoms with Crippen LogP contribution in [0.3, 0.4) is 0 Å². The molecule has 0 spiro atoms. The lowest BCUT2D eigenvalue weighted by Crippen LogP contribution is -2.47. The summed E-state index contributed by atoms with van der Waals surface area (Å²) in [5.41, 5.74) is 4.38. The maximum absolute atomic E-state index is 13.7. The van der Waals surface area contributed by atoms with Crippen molar-refractivity contribution in [3.05, 3.63) is 81.9 Å². The summed E-state index contributed by atoms with van der Waals surface area (Å²) in [4.78, 5) is 44.8. The third kappa shape index (κ3) is 3.51. The molecule has 2 heterocycles. The predicted octanol–water partition coefficient (Wildman–Crippen LogP) is 3.81. The molecule has 4 aliphatic rings. The molecule has 0 radical (unpaired) electrons. The minimum atomic E-state index is -0.674. The fraction of sp³-hybridized carbons (Fsp3) is 0.333. The Hall–Kier alpha value is -3.36. The Morgan fingerprint density at radius 3 is 2.23 bits per heavy atom. The zero-order chi connectivity index (χ0) is 24.2.